The Hall–Kier alpha value is -1.51. The van der Waals surface area contributed by atoms with Crippen LogP contribution in [0.1, 0.15) is 29.5 Å². The Morgan fingerprint density at radius 2 is 1.90 bits per heavy atom. The van der Waals surface area contributed by atoms with Gasteiger partial charge in [0.2, 0.25) is 0 Å². The van der Waals surface area contributed by atoms with Crippen LogP contribution in [-0.2, 0) is 6.54 Å². The van der Waals surface area contributed by atoms with Crippen LogP contribution in [0.5, 0.6) is 11.5 Å². The molecule has 1 fully saturated rings. The van der Waals surface area contributed by atoms with Gasteiger partial charge in [0.05, 0.1) is 0 Å². The molecule has 1 aliphatic carbocycles. The SMILES string of the molecule is Cc1cc(Oc2cc(Cl)ccc2C)ccc1CNC1CC1. The van der Waals surface area contributed by atoms with E-state index < -0.39 is 0 Å². The van der Waals surface area contributed by atoms with Crippen LogP contribution in [0.3, 0.4) is 0 Å². The molecule has 3 heteroatoms. The van der Waals surface area contributed by atoms with Crippen LogP contribution in [0.4, 0.5) is 0 Å². The molecule has 2 aromatic rings. The fourth-order valence-electron chi connectivity index (χ4n) is 2.28. The molecule has 1 aliphatic rings. The fraction of sp³-hybridized carbons (Fsp3) is 0.333. The summed E-state index contributed by atoms with van der Waals surface area (Å²) in [6.45, 7) is 5.08. The Morgan fingerprint density at radius 3 is 2.62 bits per heavy atom. The van der Waals surface area contributed by atoms with Gasteiger partial charge < -0.3 is 10.1 Å². The summed E-state index contributed by atoms with van der Waals surface area (Å²) in [5, 5.41) is 4.23. The van der Waals surface area contributed by atoms with Crippen LogP contribution >= 0.6 is 11.6 Å². The molecule has 1 saturated carbocycles. The van der Waals surface area contributed by atoms with Gasteiger partial charge in [-0.25, -0.2) is 0 Å². The second-order valence-electron chi connectivity index (χ2n) is 5.76. The summed E-state index contributed by atoms with van der Waals surface area (Å²) >= 11 is 6.03. The summed E-state index contributed by atoms with van der Waals surface area (Å²) in [6.07, 6.45) is 2.63. The highest BCUT2D eigenvalue weighted by atomic mass is 35.5. The van der Waals surface area contributed by atoms with Crippen molar-refractivity contribution in [3.05, 3.63) is 58.1 Å². The molecule has 0 aliphatic heterocycles. The number of ether oxygens (including phenoxy) is 1. The van der Waals surface area contributed by atoms with Crippen molar-refractivity contribution in [1.29, 1.82) is 0 Å². The van der Waals surface area contributed by atoms with E-state index in [9.17, 15) is 0 Å². The molecule has 3 rings (SSSR count). The number of hydrogen-bond acceptors (Lipinski definition) is 2. The molecule has 2 nitrogen and oxygen atoms in total. The van der Waals surface area contributed by atoms with Crippen molar-refractivity contribution in [3.63, 3.8) is 0 Å². The number of benzene rings is 2. The minimum absolute atomic E-state index is 0.692. The highest BCUT2D eigenvalue weighted by Crippen LogP contribution is 2.29. The summed E-state index contributed by atoms with van der Waals surface area (Å²) in [7, 11) is 0. The van der Waals surface area contributed by atoms with Crippen molar-refractivity contribution in [2.24, 2.45) is 0 Å². The van der Waals surface area contributed by atoms with Gasteiger partial charge in [-0.3, -0.25) is 0 Å². The quantitative estimate of drug-likeness (QED) is 0.839. The van der Waals surface area contributed by atoms with Gasteiger partial charge in [0.25, 0.3) is 0 Å². The smallest absolute Gasteiger partial charge is 0.131 e. The average Bonchev–Trinajstić information content (AvgIpc) is 3.26. The summed E-state index contributed by atoms with van der Waals surface area (Å²) in [5.74, 6) is 1.67. The third-order valence-corrected chi connectivity index (χ3v) is 4.09. The molecular weight excluding hydrogens is 282 g/mol. The van der Waals surface area contributed by atoms with Crippen molar-refractivity contribution in [3.8, 4) is 11.5 Å². The topological polar surface area (TPSA) is 21.3 Å². The summed E-state index contributed by atoms with van der Waals surface area (Å²) in [6, 6.07) is 12.7. The van der Waals surface area contributed by atoms with E-state index in [0.29, 0.717) is 5.02 Å². The fourth-order valence-corrected chi connectivity index (χ4v) is 2.44. The lowest BCUT2D eigenvalue weighted by molar-refractivity contribution is 0.478. The van der Waals surface area contributed by atoms with E-state index in [1.807, 2.05) is 31.2 Å². The zero-order valence-electron chi connectivity index (χ0n) is 12.4. The van der Waals surface area contributed by atoms with Crippen molar-refractivity contribution in [1.82, 2.24) is 5.32 Å². The molecular formula is C18H20ClNO. The Kier molecular flexibility index (Phi) is 4.18. The third-order valence-electron chi connectivity index (χ3n) is 3.85. The van der Waals surface area contributed by atoms with Gasteiger partial charge >= 0.3 is 0 Å². The molecule has 2 aromatic carbocycles. The lowest BCUT2D eigenvalue weighted by Crippen LogP contribution is -2.15. The number of rotatable bonds is 5. The summed E-state index contributed by atoms with van der Waals surface area (Å²) < 4.78 is 5.96. The molecule has 110 valence electrons. The predicted octanol–water partition coefficient (Wildman–Crippen LogP) is 5.00. The number of nitrogens with one attached hydrogen (secondary N) is 1. The van der Waals surface area contributed by atoms with E-state index in [4.69, 9.17) is 16.3 Å². The van der Waals surface area contributed by atoms with Crippen molar-refractivity contribution in [2.75, 3.05) is 0 Å². The van der Waals surface area contributed by atoms with Crippen LogP contribution < -0.4 is 10.1 Å². The lowest BCUT2D eigenvalue weighted by atomic mass is 10.1. The summed E-state index contributed by atoms with van der Waals surface area (Å²) in [4.78, 5) is 0. The Balaban J connectivity index is 1.73. The minimum atomic E-state index is 0.692. The highest BCUT2D eigenvalue weighted by molar-refractivity contribution is 6.30. The molecule has 0 bridgehead atoms. The maximum absolute atomic E-state index is 6.03. The zero-order chi connectivity index (χ0) is 14.8. The lowest BCUT2D eigenvalue weighted by Gasteiger charge is -2.12. The van der Waals surface area contributed by atoms with Gasteiger partial charge in [0.15, 0.2) is 0 Å². The molecule has 0 radical (unpaired) electrons. The van der Waals surface area contributed by atoms with Crippen LogP contribution in [0, 0.1) is 13.8 Å². The minimum Gasteiger partial charge on any atom is -0.457 e. The summed E-state index contributed by atoms with van der Waals surface area (Å²) in [5.41, 5.74) is 3.66. The zero-order valence-corrected chi connectivity index (χ0v) is 13.2. The maximum Gasteiger partial charge on any atom is 0.131 e. The van der Waals surface area contributed by atoms with Gasteiger partial charge in [0.1, 0.15) is 11.5 Å². The van der Waals surface area contributed by atoms with Gasteiger partial charge in [-0.1, -0.05) is 23.7 Å². The Morgan fingerprint density at radius 1 is 1.10 bits per heavy atom. The standard InChI is InChI=1S/C18H20ClNO/c1-12-3-5-15(19)10-18(12)21-17-8-4-14(13(2)9-17)11-20-16-6-7-16/h3-5,8-10,16,20H,6-7,11H2,1-2H3. The van der Waals surface area contributed by atoms with Crippen LogP contribution in [-0.4, -0.2) is 6.04 Å². The van der Waals surface area contributed by atoms with Gasteiger partial charge in [0, 0.05) is 17.6 Å². The Labute approximate surface area is 131 Å². The van der Waals surface area contributed by atoms with Crippen molar-refractivity contribution >= 4 is 11.6 Å². The maximum atomic E-state index is 6.03. The molecule has 1 N–H and O–H groups in total. The third kappa shape index (κ3) is 3.78. The largest absolute Gasteiger partial charge is 0.457 e. The Bertz CT molecular complexity index is 650. The first-order valence-corrected chi connectivity index (χ1v) is 7.76. The number of halogens is 1. The molecule has 0 atom stereocenters. The van der Waals surface area contributed by atoms with E-state index in [1.54, 1.807) is 0 Å². The number of aryl methyl sites for hydroxylation is 2. The van der Waals surface area contributed by atoms with Crippen LogP contribution in [0.25, 0.3) is 0 Å². The highest BCUT2D eigenvalue weighted by Gasteiger charge is 2.20. The normalized spacial score (nSPS) is 14.2. The van der Waals surface area contributed by atoms with E-state index in [2.05, 4.69) is 24.4 Å². The van der Waals surface area contributed by atoms with E-state index >= 15 is 0 Å². The van der Waals surface area contributed by atoms with Crippen molar-refractivity contribution in [2.45, 2.75) is 39.3 Å². The second kappa shape index (κ2) is 6.08. The molecule has 0 amide bonds. The molecule has 0 spiro atoms. The molecule has 0 saturated heterocycles. The predicted molar refractivity (Wildman–Crippen MR) is 87.3 cm³/mol. The van der Waals surface area contributed by atoms with Gasteiger partial charge in [-0.05, 0) is 67.6 Å². The van der Waals surface area contributed by atoms with Crippen LogP contribution in [0.15, 0.2) is 36.4 Å². The monoisotopic (exact) mass is 301 g/mol. The van der Waals surface area contributed by atoms with Gasteiger partial charge in [-0.15, -0.1) is 0 Å². The van der Waals surface area contributed by atoms with E-state index in [1.165, 1.54) is 24.0 Å². The first kappa shape index (κ1) is 14.4. The first-order chi connectivity index (χ1) is 10.1. The second-order valence-corrected chi connectivity index (χ2v) is 6.19. The molecule has 0 heterocycles. The average molecular weight is 302 g/mol. The number of hydrogen-bond donors (Lipinski definition) is 1. The van der Waals surface area contributed by atoms with E-state index in [-0.39, 0.29) is 0 Å². The molecule has 0 aromatic heterocycles. The van der Waals surface area contributed by atoms with Crippen LogP contribution in [0.2, 0.25) is 5.02 Å². The first-order valence-electron chi connectivity index (χ1n) is 7.39. The molecule has 0 unspecified atom stereocenters. The van der Waals surface area contributed by atoms with Gasteiger partial charge in [-0.2, -0.15) is 0 Å². The van der Waals surface area contributed by atoms with E-state index in [0.717, 1.165) is 29.6 Å². The van der Waals surface area contributed by atoms with Crippen molar-refractivity contribution < 1.29 is 4.74 Å². The molecule has 21 heavy (non-hydrogen) atoms.